The van der Waals surface area contributed by atoms with Gasteiger partial charge in [0.1, 0.15) is 0 Å². The van der Waals surface area contributed by atoms with Crippen molar-refractivity contribution in [1.29, 1.82) is 0 Å². The van der Waals surface area contributed by atoms with Gasteiger partial charge < -0.3 is 10.0 Å². The van der Waals surface area contributed by atoms with Crippen molar-refractivity contribution in [2.45, 2.75) is 31.4 Å². The molecule has 3 rings (SSSR count). The van der Waals surface area contributed by atoms with Gasteiger partial charge in [0.15, 0.2) is 11.6 Å². The van der Waals surface area contributed by atoms with Crippen LogP contribution in [0.3, 0.4) is 0 Å². The van der Waals surface area contributed by atoms with Gasteiger partial charge in [-0.25, -0.2) is 8.78 Å². The zero-order valence-corrected chi connectivity index (χ0v) is 13.7. The second-order valence-corrected chi connectivity index (χ2v) is 6.60. The molecule has 1 aromatic carbocycles. The molecule has 130 valence electrons. The Hall–Kier alpha value is -1.79. The minimum atomic E-state index is -1.02. The Morgan fingerprint density at radius 2 is 2.12 bits per heavy atom. The van der Waals surface area contributed by atoms with E-state index in [1.807, 2.05) is 0 Å². The van der Waals surface area contributed by atoms with Crippen LogP contribution in [-0.2, 0) is 0 Å². The molecule has 0 spiro atoms. The third-order valence-corrected chi connectivity index (χ3v) is 4.83. The topological polar surface area (TPSA) is 43.8 Å². The van der Waals surface area contributed by atoms with E-state index >= 15 is 0 Å². The number of likely N-dealkylation sites (N-methyl/N-ethyl adjacent to an activating group) is 1. The Bertz CT molecular complexity index is 656. The van der Waals surface area contributed by atoms with E-state index in [9.17, 15) is 18.7 Å². The number of carbonyl (C=O) groups excluding carboxylic acids is 1. The lowest BCUT2D eigenvalue weighted by Crippen LogP contribution is -2.56. The van der Waals surface area contributed by atoms with E-state index in [0.717, 1.165) is 31.4 Å². The highest BCUT2D eigenvalue weighted by Gasteiger charge is 2.32. The number of nitrogens with zero attached hydrogens (tertiary/aromatic N) is 2. The smallest absolute Gasteiger partial charge is 0.254 e. The van der Waals surface area contributed by atoms with Gasteiger partial charge in [0.05, 0.1) is 12.1 Å². The standard InChI is InChI=1S/C18H22F2N2O2/c1-21(18(24)13-6-7-15(19)16(20)8-13)17(12-4-2-3-5-12)11-22-9-14(23)10-22/h4,6-8,14,17,23H,2-3,5,9-11H2,1H3/t17-/m0/s1. The molecule has 1 saturated heterocycles. The molecule has 0 aromatic heterocycles. The van der Waals surface area contributed by atoms with E-state index in [2.05, 4.69) is 11.0 Å². The fraction of sp³-hybridized carbons (Fsp3) is 0.500. The maximum absolute atomic E-state index is 13.4. The number of hydrogen-bond donors (Lipinski definition) is 1. The van der Waals surface area contributed by atoms with E-state index < -0.39 is 11.6 Å². The summed E-state index contributed by atoms with van der Waals surface area (Å²) in [6, 6.07) is 3.12. The second kappa shape index (κ2) is 6.99. The first-order valence-corrected chi connectivity index (χ1v) is 8.27. The van der Waals surface area contributed by atoms with Gasteiger partial charge in [-0.15, -0.1) is 0 Å². The minimum absolute atomic E-state index is 0.111. The molecule has 1 heterocycles. The highest BCUT2D eigenvalue weighted by molar-refractivity contribution is 5.94. The zero-order valence-electron chi connectivity index (χ0n) is 13.7. The van der Waals surface area contributed by atoms with Crippen LogP contribution in [0.1, 0.15) is 29.6 Å². The highest BCUT2D eigenvalue weighted by Crippen LogP contribution is 2.26. The van der Waals surface area contributed by atoms with E-state index in [0.29, 0.717) is 19.6 Å². The van der Waals surface area contributed by atoms with E-state index in [4.69, 9.17) is 0 Å². The van der Waals surface area contributed by atoms with Crippen molar-refractivity contribution in [3.63, 3.8) is 0 Å². The maximum Gasteiger partial charge on any atom is 0.254 e. The first kappa shape index (κ1) is 17.0. The number of benzene rings is 1. The van der Waals surface area contributed by atoms with Crippen molar-refractivity contribution < 1.29 is 18.7 Å². The Kier molecular flexibility index (Phi) is 4.96. The minimum Gasteiger partial charge on any atom is -0.390 e. The fourth-order valence-electron chi connectivity index (χ4n) is 3.40. The van der Waals surface area contributed by atoms with Crippen LogP contribution in [0, 0.1) is 11.6 Å². The van der Waals surface area contributed by atoms with Gasteiger partial charge in [-0.1, -0.05) is 11.6 Å². The first-order chi connectivity index (χ1) is 11.5. The largest absolute Gasteiger partial charge is 0.390 e. The molecule has 0 saturated carbocycles. The monoisotopic (exact) mass is 336 g/mol. The second-order valence-electron chi connectivity index (χ2n) is 6.60. The van der Waals surface area contributed by atoms with Crippen molar-refractivity contribution in [3.8, 4) is 0 Å². The summed E-state index contributed by atoms with van der Waals surface area (Å²) in [5, 5.41) is 9.46. The molecule has 0 radical (unpaired) electrons. The molecular weight excluding hydrogens is 314 g/mol. The van der Waals surface area contributed by atoms with Crippen LogP contribution in [0.2, 0.25) is 0 Å². The van der Waals surface area contributed by atoms with E-state index in [1.54, 1.807) is 11.9 Å². The average Bonchev–Trinajstić information content (AvgIpc) is 3.06. The van der Waals surface area contributed by atoms with Gasteiger partial charge in [0, 0.05) is 32.2 Å². The molecule has 0 bridgehead atoms. The maximum atomic E-state index is 13.4. The Balaban J connectivity index is 1.77. The first-order valence-electron chi connectivity index (χ1n) is 8.27. The molecular formula is C18H22F2N2O2. The normalized spacial score (nSPS) is 19.8. The van der Waals surface area contributed by atoms with Crippen molar-refractivity contribution in [1.82, 2.24) is 9.80 Å². The van der Waals surface area contributed by atoms with Gasteiger partial charge in [-0.3, -0.25) is 9.69 Å². The van der Waals surface area contributed by atoms with Gasteiger partial charge in [0.2, 0.25) is 0 Å². The SMILES string of the molecule is CN(C(=O)c1ccc(F)c(F)c1)[C@@H](CN1CC(O)C1)C1=CCCC1. The van der Waals surface area contributed by atoms with Gasteiger partial charge in [-0.2, -0.15) is 0 Å². The van der Waals surface area contributed by atoms with Crippen LogP contribution < -0.4 is 0 Å². The molecule has 4 nitrogen and oxygen atoms in total. The van der Waals surface area contributed by atoms with Crippen LogP contribution in [-0.4, -0.2) is 59.6 Å². The van der Waals surface area contributed by atoms with Crippen molar-refractivity contribution in [2.24, 2.45) is 0 Å². The number of amides is 1. The van der Waals surface area contributed by atoms with Crippen LogP contribution in [0.25, 0.3) is 0 Å². The Labute approximate surface area is 140 Å². The van der Waals surface area contributed by atoms with Crippen molar-refractivity contribution in [3.05, 3.63) is 47.0 Å². The zero-order chi connectivity index (χ0) is 17.3. The lowest BCUT2D eigenvalue weighted by atomic mass is 10.0. The summed E-state index contributed by atoms with van der Waals surface area (Å²) in [7, 11) is 1.70. The van der Waals surface area contributed by atoms with Crippen LogP contribution in [0.5, 0.6) is 0 Å². The predicted molar refractivity (Wildman–Crippen MR) is 86.6 cm³/mol. The number of hydrogen-bond acceptors (Lipinski definition) is 3. The molecule has 0 unspecified atom stereocenters. The summed E-state index contributed by atoms with van der Waals surface area (Å²) in [4.78, 5) is 16.4. The predicted octanol–water partition coefficient (Wildman–Crippen LogP) is 2.19. The molecule has 1 aromatic rings. The van der Waals surface area contributed by atoms with Crippen LogP contribution in [0.4, 0.5) is 8.78 Å². The molecule has 1 aliphatic carbocycles. The summed E-state index contributed by atoms with van der Waals surface area (Å²) < 4.78 is 26.5. The number of allylic oxidation sites excluding steroid dienone is 1. The average molecular weight is 336 g/mol. The number of likely N-dealkylation sites (tertiary alicyclic amines) is 1. The summed E-state index contributed by atoms with van der Waals surface area (Å²) in [5.41, 5.74) is 1.35. The molecule has 24 heavy (non-hydrogen) atoms. The van der Waals surface area contributed by atoms with Gasteiger partial charge >= 0.3 is 0 Å². The fourth-order valence-corrected chi connectivity index (χ4v) is 3.40. The van der Waals surface area contributed by atoms with E-state index in [-0.39, 0.29) is 23.6 Å². The number of aliphatic hydroxyl groups is 1. The van der Waals surface area contributed by atoms with Crippen molar-refractivity contribution in [2.75, 3.05) is 26.7 Å². The lowest BCUT2D eigenvalue weighted by molar-refractivity contribution is -0.00744. The van der Waals surface area contributed by atoms with Gasteiger partial charge in [0.25, 0.3) is 5.91 Å². The molecule has 2 aliphatic rings. The van der Waals surface area contributed by atoms with Crippen LogP contribution in [0.15, 0.2) is 29.8 Å². The van der Waals surface area contributed by atoms with Crippen molar-refractivity contribution >= 4 is 5.91 Å². The third-order valence-electron chi connectivity index (χ3n) is 4.83. The molecule has 1 N–H and O–H groups in total. The lowest BCUT2D eigenvalue weighted by Gasteiger charge is -2.41. The number of rotatable bonds is 5. The number of aliphatic hydroxyl groups excluding tert-OH is 1. The third kappa shape index (κ3) is 3.49. The summed E-state index contributed by atoms with van der Waals surface area (Å²) in [6.07, 6.45) is 4.88. The molecule has 1 aliphatic heterocycles. The van der Waals surface area contributed by atoms with E-state index in [1.165, 1.54) is 11.6 Å². The highest BCUT2D eigenvalue weighted by atomic mass is 19.2. The molecule has 6 heteroatoms. The summed E-state index contributed by atoms with van der Waals surface area (Å²) in [6.45, 7) is 1.86. The molecule has 1 fully saturated rings. The Morgan fingerprint density at radius 3 is 2.71 bits per heavy atom. The molecule has 1 atom stereocenters. The number of halogens is 2. The molecule has 1 amide bonds. The number of carbonyl (C=O) groups is 1. The quantitative estimate of drug-likeness (QED) is 0.839. The van der Waals surface area contributed by atoms with Crippen LogP contribution >= 0.6 is 0 Å². The summed E-state index contributed by atoms with van der Waals surface area (Å²) >= 11 is 0. The summed E-state index contributed by atoms with van der Waals surface area (Å²) in [5.74, 6) is -2.30. The van der Waals surface area contributed by atoms with Gasteiger partial charge in [-0.05, 0) is 37.5 Å². The number of β-amino-alcohol motifs (C(OH)–C–C–N with tert-alkyl or cyclic N) is 1. The Morgan fingerprint density at radius 1 is 1.38 bits per heavy atom.